The van der Waals surface area contributed by atoms with Crippen molar-refractivity contribution in [2.24, 2.45) is 0 Å². The van der Waals surface area contributed by atoms with Crippen molar-refractivity contribution >= 4 is 5.97 Å². The van der Waals surface area contributed by atoms with Gasteiger partial charge in [-0.1, -0.05) is 6.92 Å². The van der Waals surface area contributed by atoms with Crippen molar-refractivity contribution in [1.82, 2.24) is 5.32 Å². The molecule has 0 amide bonds. The van der Waals surface area contributed by atoms with Gasteiger partial charge in [-0.05, 0) is 20.3 Å². The Morgan fingerprint density at radius 2 is 2.27 bits per heavy atom. The number of rotatable bonds is 3. The summed E-state index contributed by atoms with van der Waals surface area (Å²) in [6, 6.07) is 0.270. The Balaban J connectivity index is 2.31. The third-order valence-electron chi connectivity index (χ3n) is 2.16. The van der Waals surface area contributed by atoms with Crippen molar-refractivity contribution in [3.8, 4) is 0 Å². The normalized spacial score (nSPS) is 35.0. The van der Waals surface area contributed by atoms with Crippen molar-refractivity contribution in [2.75, 3.05) is 6.61 Å². The fraction of sp³-hybridized carbons (Fsp3) is 0.875. The molecule has 1 saturated heterocycles. The van der Waals surface area contributed by atoms with Crippen molar-refractivity contribution in [3.63, 3.8) is 0 Å². The smallest absolute Gasteiger partial charge is 0.327 e. The lowest BCUT2D eigenvalue weighted by Gasteiger charge is -2.06. The summed E-state index contributed by atoms with van der Waals surface area (Å²) >= 11 is 0. The third-order valence-corrected chi connectivity index (χ3v) is 2.16. The lowest BCUT2D eigenvalue weighted by molar-refractivity contribution is -0.146. The average Bonchev–Trinajstić information content (AvgIpc) is 2.56. The number of esters is 1. The quantitative estimate of drug-likeness (QED) is 0.484. The summed E-state index contributed by atoms with van der Waals surface area (Å²) in [5, 5.41) is 3.04. The van der Waals surface area contributed by atoms with Gasteiger partial charge in [0.15, 0.2) is 0 Å². The van der Waals surface area contributed by atoms with Crippen LogP contribution in [0.5, 0.6) is 0 Å². The molecule has 64 valence electrons. The maximum Gasteiger partial charge on any atom is 0.327 e. The van der Waals surface area contributed by atoms with Gasteiger partial charge in [0.05, 0.1) is 6.61 Å². The molecule has 1 aliphatic heterocycles. The first-order valence-corrected chi connectivity index (χ1v) is 4.06. The SMILES string of the molecule is CCCOC(=O)C1(C)NC1C. The Bertz CT molecular complexity index is 169. The molecule has 0 bridgehead atoms. The second-order valence-electron chi connectivity index (χ2n) is 3.20. The zero-order valence-corrected chi connectivity index (χ0v) is 7.31. The molecule has 2 unspecified atom stereocenters. The zero-order valence-electron chi connectivity index (χ0n) is 7.31. The summed E-state index contributed by atoms with van der Waals surface area (Å²) in [5.74, 6) is -0.119. The Hall–Kier alpha value is -0.570. The largest absolute Gasteiger partial charge is 0.464 e. The van der Waals surface area contributed by atoms with Gasteiger partial charge in [-0.3, -0.25) is 5.32 Å². The summed E-state index contributed by atoms with van der Waals surface area (Å²) < 4.78 is 4.99. The fourth-order valence-corrected chi connectivity index (χ4v) is 0.988. The van der Waals surface area contributed by atoms with E-state index in [1.165, 1.54) is 0 Å². The summed E-state index contributed by atoms with van der Waals surface area (Å²) in [4.78, 5) is 11.2. The molecule has 0 aliphatic carbocycles. The van der Waals surface area contributed by atoms with Gasteiger partial charge in [-0.15, -0.1) is 0 Å². The molecule has 0 radical (unpaired) electrons. The van der Waals surface area contributed by atoms with Gasteiger partial charge in [-0.25, -0.2) is 4.79 Å². The predicted octanol–water partition coefficient (Wildman–Crippen LogP) is 0.690. The molecule has 3 nitrogen and oxygen atoms in total. The monoisotopic (exact) mass is 157 g/mol. The van der Waals surface area contributed by atoms with Crippen LogP contribution in [0.3, 0.4) is 0 Å². The Morgan fingerprint density at radius 1 is 1.73 bits per heavy atom. The maximum atomic E-state index is 11.2. The molecule has 0 saturated carbocycles. The zero-order chi connectivity index (χ0) is 8.48. The van der Waals surface area contributed by atoms with E-state index in [0.717, 1.165) is 6.42 Å². The highest BCUT2D eigenvalue weighted by Crippen LogP contribution is 2.26. The van der Waals surface area contributed by atoms with Crippen LogP contribution >= 0.6 is 0 Å². The standard InChI is InChI=1S/C8H15NO2/c1-4-5-11-7(10)8(3)6(2)9-8/h6,9H,4-5H2,1-3H3. The van der Waals surface area contributed by atoms with E-state index in [1.807, 2.05) is 20.8 Å². The minimum atomic E-state index is -0.394. The number of ether oxygens (including phenoxy) is 1. The molecule has 0 spiro atoms. The minimum absolute atomic E-state index is 0.119. The van der Waals surface area contributed by atoms with E-state index < -0.39 is 5.54 Å². The predicted molar refractivity (Wildman–Crippen MR) is 42.3 cm³/mol. The van der Waals surface area contributed by atoms with Gasteiger partial charge in [-0.2, -0.15) is 0 Å². The van der Waals surface area contributed by atoms with Gasteiger partial charge in [0, 0.05) is 6.04 Å². The number of carbonyl (C=O) groups is 1. The van der Waals surface area contributed by atoms with Crippen LogP contribution in [0.2, 0.25) is 0 Å². The second kappa shape index (κ2) is 2.81. The average molecular weight is 157 g/mol. The van der Waals surface area contributed by atoms with Crippen LogP contribution < -0.4 is 5.32 Å². The van der Waals surface area contributed by atoms with Gasteiger partial charge in [0.1, 0.15) is 5.54 Å². The summed E-state index contributed by atoms with van der Waals surface area (Å²) in [7, 11) is 0. The molecule has 1 N–H and O–H groups in total. The second-order valence-corrected chi connectivity index (χ2v) is 3.20. The number of hydrogen-bond acceptors (Lipinski definition) is 3. The van der Waals surface area contributed by atoms with Crippen LogP contribution in [0.1, 0.15) is 27.2 Å². The summed E-state index contributed by atoms with van der Waals surface area (Å²) in [5.41, 5.74) is -0.394. The van der Waals surface area contributed by atoms with E-state index >= 15 is 0 Å². The molecule has 2 atom stereocenters. The van der Waals surface area contributed by atoms with Crippen LogP contribution in [0, 0.1) is 0 Å². The number of hydrogen-bond donors (Lipinski definition) is 1. The number of nitrogens with one attached hydrogen (secondary N) is 1. The van der Waals surface area contributed by atoms with E-state index in [-0.39, 0.29) is 12.0 Å². The summed E-state index contributed by atoms with van der Waals surface area (Å²) in [6.07, 6.45) is 0.885. The molecule has 1 aliphatic rings. The molecule has 1 heterocycles. The highest BCUT2D eigenvalue weighted by Gasteiger charge is 2.54. The highest BCUT2D eigenvalue weighted by atomic mass is 16.5. The van der Waals surface area contributed by atoms with Gasteiger partial charge < -0.3 is 4.74 Å². The van der Waals surface area contributed by atoms with Crippen molar-refractivity contribution in [3.05, 3.63) is 0 Å². The number of carbonyl (C=O) groups excluding carboxylic acids is 1. The van der Waals surface area contributed by atoms with Crippen molar-refractivity contribution < 1.29 is 9.53 Å². The van der Waals surface area contributed by atoms with Crippen LogP contribution in [-0.4, -0.2) is 24.2 Å². The van der Waals surface area contributed by atoms with Crippen molar-refractivity contribution in [2.45, 2.75) is 38.8 Å². The fourth-order valence-electron chi connectivity index (χ4n) is 0.988. The molecule has 1 fully saturated rings. The lowest BCUT2D eigenvalue weighted by Crippen LogP contribution is -2.27. The molecule has 0 aromatic rings. The third kappa shape index (κ3) is 1.53. The minimum Gasteiger partial charge on any atom is -0.464 e. The van der Waals surface area contributed by atoms with E-state index in [9.17, 15) is 4.79 Å². The first-order chi connectivity index (χ1) is 5.11. The Kier molecular flexibility index (Phi) is 2.18. The molecule has 3 heteroatoms. The van der Waals surface area contributed by atoms with Crippen LogP contribution in [-0.2, 0) is 9.53 Å². The van der Waals surface area contributed by atoms with Gasteiger partial charge >= 0.3 is 5.97 Å². The first-order valence-electron chi connectivity index (χ1n) is 4.06. The van der Waals surface area contributed by atoms with E-state index in [4.69, 9.17) is 4.74 Å². The highest BCUT2D eigenvalue weighted by molar-refractivity contribution is 5.85. The molecular weight excluding hydrogens is 142 g/mol. The van der Waals surface area contributed by atoms with Crippen LogP contribution in [0.25, 0.3) is 0 Å². The first kappa shape index (κ1) is 8.53. The molecule has 0 aromatic carbocycles. The van der Waals surface area contributed by atoms with E-state index in [0.29, 0.717) is 6.61 Å². The summed E-state index contributed by atoms with van der Waals surface area (Å²) in [6.45, 7) is 6.37. The van der Waals surface area contributed by atoms with Crippen LogP contribution in [0.15, 0.2) is 0 Å². The molecule has 11 heavy (non-hydrogen) atoms. The van der Waals surface area contributed by atoms with Gasteiger partial charge in [0.2, 0.25) is 0 Å². The Morgan fingerprint density at radius 3 is 2.64 bits per heavy atom. The maximum absolute atomic E-state index is 11.2. The van der Waals surface area contributed by atoms with Gasteiger partial charge in [0.25, 0.3) is 0 Å². The van der Waals surface area contributed by atoms with Crippen molar-refractivity contribution in [1.29, 1.82) is 0 Å². The molecule has 1 rings (SSSR count). The lowest BCUT2D eigenvalue weighted by atomic mass is 10.1. The van der Waals surface area contributed by atoms with E-state index in [2.05, 4.69) is 5.32 Å². The molecular formula is C8H15NO2. The molecule has 0 aromatic heterocycles. The van der Waals surface area contributed by atoms with E-state index in [1.54, 1.807) is 0 Å². The topological polar surface area (TPSA) is 48.2 Å². The Labute approximate surface area is 67.1 Å². The van der Waals surface area contributed by atoms with Crippen LogP contribution in [0.4, 0.5) is 0 Å².